The molecule has 0 saturated heterocycles. The second kappa shape index (κ2) is 5.67. The van der Waals surface area contributed by atoms with E-state index < -0.39 is 0 Å². The van der Waals surface area contributed by atoms with E-state index in [0.717, 1.165) is 32.1 Å². The van der Waals surface area contributed by atoms with Crippen molar-refractivity contribution in [1.29, 1.82) is 0 Å². The molecule has 3 nitrogen and oxygen atoms in total. The summed E-state index contributed by atoms with van der Waals surface area (Å²) in [5.74, 6) is 1.88. The lowest BCUT2D eigenvalue weighted by atomic mass is 9.81. The second-order valence-electron chi connectivity index (χ2n) is 5.20. The number of hydrogen-bond acceptors (Lipinski definition) is 2. The van der Waals surface area contributed by atoms with Gasteiger partial charge in [-0.25, -0.2) is 4.98 Å². The van der Waals surface area contributed by atoms with Crippen LogP contribution in [-0.2, 0) is 6.42 Å². The third kappa shape index (κ3) is 2.71. The first-order valence-electron chi connectivity index (χ1n) is 6.96. The van der Waals surface area contributed by atoms with Crippen molar-refractivity contribution in [3.8, 4) is 0 Å². The van der Waals surface area contributed by atoms with Crippen molar-refractivity contribution in [2.45, 2.75) is 64.5 Å². The van der Waals surface area contributed by atoms with Crippen molar-refractivity contribution in [2.24, 2.45) is 5.92 Å². The Kier molecular flexibility index (Phi) is 4.21. The predicted octanol–water partition coefficient (Wildman–Crippen LogP) is 2.95. The van der Waals surface area contributed by atoms with Gasteiger partial charge in [0.2, 0.25) is 0 Å². The highest BCUT2D eigenvalue weighted by Crippen LogP contribution is 2.36. The van der Waals surface area contributed by atoms with Crippen molar-refractivity contribution < 1.29 is 5.11 Å². The van der Waals surface area contributed by atoms with Gasteiger partial charge in [-0.05, 0) is 31.6 Å². The van der Waals surface area contributed by atoms with E-state index in [1.165, 1.54) is 12.2 Å². The highest BCUT2D eigenvalue weighted by molar-refractivity contribution is 4.98. The highest BCUT2D eigenvalue weighted by Gasteiger charge is 2.30. The van der Waals surface area contributed by atoms with E-state index in [1.54, 1.807) is 0 Å². The Morgan fingerprint density at radius 2 is 2.24 bits per heavy atom. The molecule has 1 aliphatic carbocycles. The fraction of sp³-hybridized carbons (Fsp3) is 0.786. The summed E-state index contributed by atoms with van der Waals surface area (Å²) in [7, 11) is 0. The Morgan fingerprint density at radius 3 is 2.94 bits per heavy atom. The van der Waals surface area contributed by atoms with Crippen LogP contribution in [0.1, 0.15) is 57.8 Å². The first kappa shape index (κ1) is 12.6. The lowest BCUT2D eigenvalue weighted by molar-refractivity contribution is 0.0702. The van der Waals surface area contributed by atoms with Gasteiger partial charge in [-0.3, -0.25) is 0 Å². The zero-order chi connectivity index (χ0) is 12.3. The summed E-state index contributed by atoms with van der Waals surface area (Å²) in [4.78, 5) is 4.46. The average molecular weight is 236 g/mol. The number of aliphatic hydroxyl groups is 1. The van der Waals surface area contributed by atoms with Gasteiger partial charge >= 0.3 is 0 Å². The summed E-state index contributed by atoms with van der Waals surface area (Å²) >= 11 is 0. The van der Waals surface area contributed by atoms with Crippen LogP contribution in [0.5, 0.6) is 0 Å². The number of aryl methyl sites for hydroxylation is 1. The zero-order valence-electron chi connectivity index (χ0n) is 11.0. The first-order valence-corrected chi connectivity index (χ1v) is 6.96. The van der Waals surface area contributed by atoms with E-state index >= 15 is 0 Å². The number of aliphatic hydroxyl groups excluding tert-OH is 1. The molecular weight excluding hydrogens is 212 g/mol. The SMILES string of the molecule is CCCc1nccn1C1CC(O)CCC1CC. The molecule has 96 valence electrons. The van der Waals surface area contributed by atoms with E-state index in [2.05, 4.69) is 29.6 Å². The smallest absolute Gasteiger partial charge is 0.108 e. The molecular formula is C14H24N2O. The Bertz CT molecular complexity index is 348. The monoisotopic (exact) mass is 236 g/mol. The molecule has 0 radical (unpaired) electrons. The van der Waals surface area contributed by atoms with Crippen LogP contribution in [0.4, 0.5) is 0 Å². The molecule has 17 heavy (non-hydrogen) atoms. The molecule has 1 saturated carbocycles. The van der Waals surface area contributed by atoms with Gasteiger partial charge in [0.15, 0.2) is 0 Å². The molecule has 0 aromatic carbocycles. The van der Waals surface area contributed by atoms with Crippen molar-refractivity contribution in [1.82, 2.24) is 9.55 Å². The molecule has 1 aromatic rings. The van der Waals surface area contributed by atoms with E-state index in [9.17, 15) is 5.11 Å². The van der Waals surface area contributed by atoms with E-state index in [-0.39, 0.29) is 6.10 Å². The van der Waals surface area contributed by atoms with Gasteiger partial charge in [0.05, 0.1) is 6.10 Å². The van der Waals surface area contributed by atoms with Gasteiger partial charge < -0.3 is 9.67 Å². The van der Waals surface area contributed by atoms with E-state index in [4.69, 9.17) is 0 Å². The van der Waals surface area contributed by atoms with Gasteiger partial charge in [0, 0.05) is 24.9 Å². The van der Waals surface area contributed by atoms with Crippen LogP contribution in [0.3, 0.4) is 0 Å². The van der Waals surface area contributed by atoms with Crippen molar-refractivity contribution in [3.05, 3.63) is 18.2 Å². The molecule has 1 N–H and O–H groups in total. The van der Waals surface area contributed by atoms with Crippen LogP contribution < -0.4 is 0 Å². The molecule has 0 amide bonds. The molecule has 3 heteroatoms. The molecule has 1 heterocycles. The normalized spacial score (nSPS) is 29.5. The van der Waals surface area contributed by atoms with Crippen LogP contribution in [0.25, 0.3) is 0 Å². The van der Waals surface area contributed by atoms with Crippen LogP contribution in [-0.4, -0.2) is 20.8 Å². The molecule has 0 bridgehead atoms. The standard InChI is InChI=1S/C14H24N2O/c1-3-5-14-15-8-9-16(14)13-10-12(17)7-6-11(13)4-2/h8-9,11-13,17H,3-7,10H2,1-2H3. The second-order valence-corrected chi connectivity index (χ2v) is 5.20. The minimum atomic E-state index is -0.125. The molecule has 0 spiro atoms. The van der Waals surface area contributed by atoms with Crippen LogP contribution in [0, 0.1) is 5.92 Å². The lowest BCUT2D eigenvalue weighted by Crippen LogP contribution is -2.30. The first-order chi connectivity index (χ1) is 8.26. The van der Waals surface area contributed by atoms with Crippen molar-refractivity contribution >= 4 is 0 Å². The molecule has 3 unspecified atom stereocenters. The van der Waals surface area contributed by atoms with Crippen LogP contribution in [0.2, 0.25) is 0 Å². The lowest BCUT2D eigenvalue weighted by Gasteiger charge is -2.35. The highest BCUT2D eigenvalue weighted by atomic mass is 16.3. The summed E-state index contributed by atoms with van der Waals surface area (Å²) in [6, 6.07) is 0.452. The number of hydrogen-bond donors (Lipinski definition) is 1. The van der Waals surface area contributed by atoms with Gasteiger partial charge in [-0.1, -0.05) is 20.3 Å². The minimum absolute atomic E-state index is 0.125. The summed E-state index contributed by atoms with van der Waals surface area (Å²) in [5, 5.41) is 9.88. The van der Waals surface area contributed by atoms with Gasteiger partial charge in [0.25, 0.3) is 0 Å². The van der Waals surface area contributed by atoms with E-state index in [0.29, 0.717) is 12.0 Å². The van der Waals surface area contributed by atoms with E-state index in [1.807, 2.05) is 6.20 Å². The van der Waals surface area contributed by atoms with Gasteiger partial charge in [0.1, 0.15) is 5.82 Å². The van der Waals surface area contributed by atoms with Gasteiger partial charge in [-0.15, -0.1) is 0 Å². The van der Waals surface area contributed by atoms with Crippen molar-refractivity contribution in [3.63, 3.8) is 0 Å². The zero-order valence-corrected chi connectivity index (χ0v) is 11.0. The third-order valence-corrected chi connectivity index (χ3v) is 4.03. The fourth-order valence-corrected chi connectivity index (χ4v) is 3.07. The largest absolute Gasteiger partial charge is 0.393 e. The maximum atomic E-state index is 9.88. The summed E-state index contributed by atoms with van der Waals surface area (Å²) in [6.07, 6.45) is 10.2. The van der Waals surface area contributed by atoms with Crippen LogP contribution in [0.15, 0.2) is 12.4 Å². The fourth-order valence-electron chi connectivity index (χ4n) is 3.07. The Balaban J connectivity index is 2.19. The third-order valence-electron chi connectivity index (χ3n) is 4.03. The number of nitrogens with zero attached hydrogens (tertiary/aromatic N) is 2. The maximum Gasteiger partial charge on any atom is 0.108 e. The summed E-state index contributed by atoms with van der Waals surface area (Å²) in [6.45, 7) is 4.44. The minimum Gasteiger partial charge on any atom is -0.393 e. The van der Waals surface area contributed by atoms with Gasteiger partial charge in [-0.2, -0.15) is 0 Å². The number of aromatic nitrogens is 2. The summed E-state index contributed by atoms with van der Waals surface area (Å²) in [5.41, 5.74) is 0. The molecule has 3 atom stereocenters. The quantitative estimate of drug-likeness (QED) is 0.872. The molecule has 2 rings (SSSR count). The predicted molar refractivity (Wildman–Crippen MR) is 68.9 cm³/mol. The van der Waals surface area contributed by atoms with Crippen LogP contribution >= 0.6 is 0 Å². The Hall–Kier alpha value is -0.830. The summed E-state index contributed by atoms with van der Waals surface area (Å²) < 4.78 is 2.32. The van der Waals surface area contributed by atoms with Crippen molar-refractivity contribution in [2.75, 3.05) is 0 Å². The Labute approximate surface area is 104 Å². The molecule has 1 aliphatic rings. The average Bonchev–Trinajstić information content (AvgIpc) is 2.77. The molecule has 1 fully saturated rings. The topological polar surface area (TPSA) is 38.0 Å². The molecule has 1 aromatic heterocycles. The Morgan fingerprint density at radius 1 is 1.41 bits per heavy atom. The number of imidazole rings is 1. The number of rotatable bonds is 4. The maximum absolute atomic E-state index is 9.88. The molecule has 0 aliphatic heterocycles.